The molecule has 0 fully saturated rings. The molecular weight excluding hydrogens is 421 g/mol. The molecule has 0 amide bonds. The van der Waals surface area contributed by atoms with E-state index in [1.54, 1.807) is 24.4 Å². The molecule has 0 saturated carbocycles. The summed E-state index contributed by atoms with van der Waals surface area (Å²) in [6.45, 7) is 1.02. The molecule has 0 atom stereocenters. The minimum absolute atomic E-state index is 0.0336. The number of nitrogen functional groups attached to an aromatic ring is 2. The first-order valence-corrected chi connectivity index (χ1v) is 9.90. The average Bonchev–Trinajstić information content (AvgIpc) is 3.04. The number of rotatable bonds is 6. The van der Waals surface area contributed by atoms with Crippen molar-refractivity contribution in [1.29, 1.82) is 0 Å². The number of nitrogens with two attached hydrogens (primary N) is 2. The van der Waals surface area contributed by atoms with Crippen LogP contribution in [-0.4, -0.2) is 42.1 Å². The minimum Gasteiger partial charge on any atom is -0.476 e. The summed E-state index contributed by atoms with van der Waals surface area (Å²) in [7, 11) is 3.88. The number of benzene rings is 1. The lowest BCUT2D eigenvalue weighted by atomic mass is 10.0. The van der Waals surface area contributed by atoms with Gasteiger partial charge in [0.1, 0.15) is 23.8 Å². The molecule has 4 aromatic rings. The number of aromatic nitrogens is 2. The second-order valence-corrected chi connectivity index (χ2v) is 7.63. The highest BCUT2D eigenvalue weighted by molar-refractivity contribution is 6.31. The number of ether oxygens (including phenoxy) is 1. The van der Waals surface area contributed by atoms with Crippen LogP contribution in [0.15, 0.2) is 47.0 Å². The minimum atomic E-state index is -0.533. The van der Waals surface area contributed by atoms with Crippen LogP contribution in [-0.2, 0) is 0 Å². The molecular formula is C22H21ClFN5O2. The van der Waals surface area contributed by atoms with Gasteiger partial charge in [0, 0.05) is 12.7 Å². The Hall–Kier alpha value is -3.36. The summed E-state index contributed by atoms with van der Waals surface area (Å²) in [6, 6.07) is 9.80. The molecule has 3 aromatic heterocycles. The Morgan fingerprint density at radius 1 is 1.19 bits per heavy atom. The van der Waals surface area contributed by atoms with E-state index in [2.05, 4.69) is 4.98 Å². The Morgan fingerprint density at radius 3 is 2.68 bits per heavy atom. The highest BCUT2D eigenvalue weighted by atomic mass is 35.5. The highest BCUT2D eigenvalue weighted by Gasteiger charge is 2.25. The lowest BCUT2D eigenvalue weighted by molar-refractivity contribution is 0.255. The SMILES string of the molecule is CN(C)CCOc1nc(-c2ccccn2)c2oc(N)c(N)c2c1-c1ccc(F)c(Cl)c1. The number of halogens is 2. The molecule has 0 spiro atoms. The van der Waals surface area contributed by atoms with Crippen LogP contribution in [0.3, 0.4) is 0 Å². The van der Waals surface area contributed by atoms with Gasteiger partial charge in [-0.2, -0.15) is 0 Å². The number of fused-ring (bicyclic) bond motifs is 1. The first-order chi connectivity index (χ1) is 14.9. The van der Waals surface area contributed by atoms with Gasteiger partial charge in [-0.3, -0.25) is 4.98 Å². The summed E-state index contributed by atoms with van der Waals surface area (Å²) in [5.41, 5.74) is 15.0. The van der Waals surface area contributed by atoms with Crippen LogP contribution in [0, 0.1) is 5.82 Å². The number of pyridine rings is 2. The zero-order chi connectivity index (χ0) is 22.1. The van der Waals surface area contributed by atoms with Crippen molar-refractivity contribution in [2.24, 2.45) is 0 Å². The Labute approximate surface area is 183 Å². The summed E-state index contributed by atoms with van der Waals surface area (Å²) in [5, 5.41) is 0.476. The van der Waals surface area contributed by atoms with Crippen LogP contribution < -0.4 is 16.2 Å². The summed E-state index contributed by atoms with van der Waals surface area (Å²) >= 11 is 6.05. The maximum Gasteiger partial charge on any atom is 0.223 e. The van der Waals surface area contributed by atoms with Crippen LogP contribution >= 0.6 is 11.6 Å². The Balaban J connectivity index is 2.02. The van der Waals surface area contributed by atoms with Gasteiger partial charge in [0.05, 0.1) is 21.7 Å². The summed E-state index contributed by atoms with van der Waals surface area (Å²) in [5.74, 6) is -0.187. The van der Waals surface area contributed by atoms with E-state index in [-0.39, 0.29) is 16.6 Å². The van der Waals surface area contributed by atoms with Gasteiger partial charge in [-0.15, -0.1) is 0 Å². The number of furan rings is 1. The first kappa shape index (κ1) is 20.9. The largest absolute Gasteiger partial charge is 0.476 e. The third-order valence-electron chi connectivity index (χ3n) is 4.76. The third-order valence-corrected chi connectivity index (χ3v) is 5.05. The molecule has 0 aliphatic heterocycles. The van der Waals surface area contributed by atoms with Crippen molar-refractivity contribution in [2.75, 3.05) is 38.7 Å². The van der Waals surface area contributed by atoms with Crippen LogP contribution in [0.4, 0.5) is 16.0 Å². The van der Waals surface area contributed by atoms with E-state index in [0.717, 1.165) is 0 Å². The van der Waals surface area contributed by atoms with Crippen LogP contribution in [0.25, 0.3) is 33.5 Å². The smallest absolute Gasteiger partial charge is 0.223 e. The predicted molar refractivity (Wildman–Crippen MR) is 121 cm³/mol. The molecule has 31 heavy (non-hydrogen) atoms. The maximum atomic E-state index is 13.8. The molecule has 1 aromatic carbocycles. The van der Waals surface area contributed by atoms with Gasteiger partial charge in [-0.1, -0.05) is 23.7 Å². The monoisotopic (exact) mass is 441 g/mol. The quantitative estimate of drug-likeness (QED) is 0.455. The summed E-state index contributed by atoms with van der Waals surface area (Å²) < 4.78 is 25.7. The van der Waals surface area contributed by atoms with E-state index in [1.807, 2.05) is 25.1 Å². The van der Waals surface area contributed by atoms with Gasteiger partial charge in [0.15, 0.2) is 5.58 Å². The molecule has 7 nitrogen and oxygen atoms in total. The van der Waals surface area contributed by atoms with Gasteiger partial charge in [-0.25, -0.2) is 9.37 Å². The lowest BCUT2D eigenvalue weighted by Crippen LogP contribution is -2.20. The molecule has 0 bridgehead atoms. The first-order valence-electron chi connectivity index (χ1n) is 9.52. The van der Waals surface area contributed by atoms with Crippen molar-refractivity contribution in [2.45, 2.75) is 0 Å². The van der Waals surface area contributed by atoms with Crippen molar-refractivity contribution >= 4 is 34.1 Å². The average molecular weight is 442 g/mol. The summed E-state index contributed by atoms with van der Waals surface area (Å²) in [4.78, 5) is 11.1. The highest BCUT2D eigenvalue weighted by Crippen LogP contribution is 2.46. The van der Waals surface area contributed by atoms with Gasteiger partial charge in [-0.05, 0) is 43.9 Å². The van der Waals surface area contributed by atoms with Crippen molar-refractivity contribution in [3.05, 3.63) is 53.4 Å². The zero-order valence-electron chi connectivity index (χ0n) is 17.0. The molecule has 160 valence electrons. The van der Waals surface area contributed by atoms with E-state index in [1.165, 1.54) is 12.1 Å². The normalized spacial score (nSPS) is 11.4. The second kappa shape index (κ2) is 8.41. The molecule has 0 unspecified atom stereocenters. The molecule has 3 heterocycles. The summed E-state index contributed by atoms with van der Waals surface area (Å²) in [6.07, 6.45) is 1.65. The predicted octanol–water partition coefficient (Wildman–Crippen LogP) is 4.45. The molecule has 0 saturated heterocycles. The number of anilines is 2. The van der Waals surface area contributed by atoms with Crippen molar-refractivity contribution in [3.63, 3.8) is 0 Å². The molecule has 4 rings (SSSR count). The maximum absolute atomic E-state index is 13.8. The lowest BCUT2D eigenvalue weighted by Gasteiger charge is -2.16. The Bertz CT molecular complexity index is 1240. The standard InChI is InChI=1S/C22H21ClFN5O2/c1-29(2)9-10-30-22-16(12-6-7-14(24)13(23)11-12)17-18(25)21(26)31-20(17)19(28-22)15-5-3-4-8-27-15/h3-8,11H,9-10,25-26H2,1-2H3. The Morgan fingerprint density at radius 2 is 2.00 bits per heavy atom. The number of nitrogens with zero attached hydrogens (tertiary/aromatic N) is 3. The van der Waals surface area contributed by atoms with Crippen LogP contribution in [0.2, 0.25) is 5.02 Å². The van der Waals surface area contributed by atoms with E-state index >= 15 is 0 Å². The van der Waals surface area contributed by atoms with E-state index in [0.29, 0.717) is 52.5 Å². The second-order valence-electron chi connectivity index (χ2n) is 7.22. The topological polar surface area (TPSA) is 103 Å². The Kier molecular flexibility index (Phi) is 5.67. The van der Waals surface area contributed by atoms with Gasteiger partial charge >= 0.3 is 0 Å². The molecule has 0 radical (unpaired) electrons. The van der Waals surface area contributed by atoms with E-state index < -0.39 is 5.82 Å². The zero-order valence-corrected chi connectivity index (χ0v) is 17.8. The molecule has 9 heteroatoms. The van der Waals surface area contributed by atoms with Crippen molar-refractivity contribution in [1.82, 2.24) is 14.9 Å². The van der Waals surface area contributed by atoms with Gasteiger partial charge in [0.2, 0.25) is 11.8 Å². The number of likely N-dealkylation sites (N-methyl/N-ethyl adjacent to an activating group) is 1. The molecule has 4 N–H and O–H groups in total. The fraction of sp³-hybridized carbons (Fsp3) is 0.182. The van der Waals surface area contributed by atoms with Gasteiger partial charge in [0.25, 0.3) is 0 Å². The van der Waals surface area contributed by atoms with E-state index in [4.69, 9.17) is 37.2 Å². The van der Waals surface area contributed by atoms with Crippen molar-refractivity contribution in [3.8, 4) is 28.4 Å². The van der Waals surface area contributed by atoms with Crippen LogP contribution in [0.5, 0.6) is 5.88 Å². The van der Waals surface area contributed by atoms with E-state index in [9.17, 15) is 4.39 Å². The number of hydrogen-bond acceptors (Lipinski definition) is 7. The fourth-order valence-corrected chi connectivity index (χ4v) is 3.40. The molecule has 0 aliphatic rings. The number of hydrogen-bond donors (Lipinski definition) is 2. The van der Waals surface area contributed by atoms with Gasteiger partial charge < -0.3 is 25.5 Å². The molecule has 0 aliphatic carbocycles. The third kappa shape index (κ3) is 3.99. The fourth-order valence-electron chi connectivity index (χ4n) is 3.22. The van der Waals surface area contributed by atoms with Crippen LogP contribution in [0.1, 0.15) is 0 Å². The van der Waals surface area contributed by atoms with Crippen molar-refractivity contribution < 1.29 is 13.5 Å².